The van der Waals surface area contributed by atoms with E-state index in [1.54, 1.807) is 32.3 Å². The van der Waals surface area contributed by atoms with Crippen LogP contribution in [-0.2, 0) is 13.1 Å². The number of aromatic nitrogens is 8. The summed E-state index contributed by atoms with van der Waals surface area (Å²) in [5.74, 6) is -1.46. The summed E-state index contributed by atoms with van der Waals surface area (Å²) in [6.45, 7) is 8.83. The van der Waals surface area contributed by atoms with Gasteiger partial charge in [0.1, 0.15) is 21.0 Å². The number of thiophene rings is 1. The second-order valence-corrected chi connectivity index (χ2v) is 10.8. The number of alkyl halides is 2. The Bertz CT molecular complexity index is 2060. The molecule has 12 nitrogen and oxygen atoms in total. The Morgan fingerprint density at radius 2 is 1.88 bits per heavy atom. The summed E-state index contributed by atoms with van der Waals surface area (Å²) in [5.41, 5.74) is 9.65. The van der Waals surface area contributed by atoms with Crippen molar-refractivity contribution in [3.8, 4) is 22.4 Å². The number of nitrogens with one attached hydrogen (secondary N) is 1. The predicted octanol–water partition coefficient (Wildman–Crippen LogP) is 5.01. The molecule has 15 heteroatoms. The minimum atomic E-state index is -2.87. The third-order valence-corrected chi connectivity index (χ3v) is 8.35. The van der Waals surface area contributed by atoms with E-state index in [1.165, 1.54) is 12.3 Å². The molecule has 0 radical (unpaired) electrons. The van der Waals surface area contributed by atoms with Gasteiger partial charge in [-0.05, 0) is 45.4 Å². The van der Waals surface area contributed by atoms with Crippen molar-refractivity contribution < 1.29 is 18.4 Å². The van der Waals surface area contributed by atoms with E-state index in [9.17, 15) is 18.4 Å². The topological polar surface area (TPSA) is 151 Å². The fourth-order valence-corrected chi connectivity index (χ4v) is 6.15. The molecule has 0 aromatic carbocycles. The molecule has 0 saturated carbocycles. The lowest BCUT2D eigenvalue weighted by atomic mass is 10.0. The van der Waals surface area contributed by atoms with E-state index in [2.05, 4.69) is 30.6 Å². The van der Waals surface area contributed by atoms with Crippen LogP contribution in [-0.4, -0.2) is 51.0 Å². The van der Waals surface area contributed by atoms with Crippen LogP contribution in [0.3, 0.4) is 0 Å². The zero-order valence-corrected chi connectivity index (χ0v) is 24.4. The summed E-state index contributed by atoms with van der Waals surface area (Å²) in [5, 5.41) is 16.4. The van der Waals surface area contributed by atoms with Crippen LogP contribution in [0.1, 0.15) is 57.4 Å². The molecule has 0 fully saturated rings. The average molecular weight is 605 g/mol. The van der Waals surface area contributed by atoms with E-state index >= 15 is 0 Å². The first-order valence-corrected chi connectivity index (χ1v) is 14.2. The van der Waals surface area contributed by atoms with Crippen molar-refractivity contribution in [3.05, 3.63) is 64.4 Å². The number of carbonyl (C=O) groups excluding carboxylic acids is 2. The summed E-state index contributed by atoms with van der Waals surface area (Å²) in [7, 11) is 0. The van der Waals surface area contributed by atoms with Gasteiger partial charge in [0.05, 0.1) is 29.5 Å². The Kier molecular flexibility index (Phi) is 6.96. The van der Waals surface area contributed by atoms with E-state index in [0.717, 1.165) is 28.3 Å². The third-order valence-electron chi connectivity index (χ3n) is 7.25. The standard InChI is InChI=1S/C28H26F2N10O2S/c1-5-38-12-18(13(3)37-38)20-7-8-32-26-17(11-34-40(20)26)27(42)36-22-21-15(16-10-33-39(6-2)14(16)4)9-19(24(29)30)35-28(21)43-23(22)25(31)41/h7-12,24H,5-6H2,1-4H3,(H2,31,41)(H,36,42). The highest BCUT2D eigenvalue weighted by Gasteiger charge is 2.27. The quantitative estimate of drug-likeness (QED) is 0.248. The molecule has 0 aliphatic carbocycles. The first kappa shape index (κ1) is 28.1. The molecule has 0 atom stereocenters. The van der Waals surface area contributed by atoms with Gasteiger partial charge in [-0.3, -0.25) is 19.0 Å². The number of primary amides is 1. The number of nitrogens with two attached hydrogens (primary N) is 1. The van der Waals surface area contributed by atoms with Crippen LogP contribution in [0, 0.1) is 13.8 Å². The maximum Gasteiger partial charge on any atom is 0.280 e. The highest BCUT2D eigenvalue weighted by Crippen LogP contribution is 2.43. The molecule has 6 aromatic rings. The first-order valence-electron chi connectivity index (χ1n) is 13.4. The largest absolute Gasteiger partial charge is 0.365 e. The number of halogens is 2. The van der Waals surface area contributed by atoms with Crippen molar-refractivity contribution in [2.45, 2.75) is 47.2 Å². The van der Waals surface area contributed by atoms with Crippen molar-refractivity contribution >= 4 is 44.7 Å². The Morgan fingerprint density at radius 1 is 1.09 bits per heavy atom. The Hall–Kier alpha value is -5.05. The van der Waals surface area contributed by atoms with Gasteiger partial charge in [-0.1, -0.05) is 0 Å². The summed E-state index contributed by atoms with van der Waals surface area (Å²) >= 11 is 0.833. The molecule has 6 aromatic heterocycles. The molecule has 3 N–H and O–H groups in total. The molecular weight excluding hydrogens is 578 g/mol. The molecule has 0 saturated heterocycles. The van der Waals surface area contributed by atoms with E-state index < -0.39 is 23.9 Å². The van der Waals surface area contributed by atoms with Crippen LogP contribution in [0.4, 0.5) is 14.5 Å². The van der Waals surface area contributed by atoms with Crippen molar-refractivity contribution in [2.24, 2.45) is 5.73 Å². The van der Waals surface area contributed by atoms with Crippen LogP contribution in [0.5, 0.6) is 0 Å². The summed E-state index contributed by atoms with van der Waals surface area (Å²) in [6, 6.07) is 3.03. The highest BCUT2D eigenvalue weighted by molar-refractivity contribution is 7.21. The Morgan fingerprint density at radius 3 is 2.53 bits per heavy atom. The average Bonchev–Trinajstić information content (AvgIpc) is 3.76. The van der Waals surface area contributed by atoms with E-state index in [0.29, 0.717) is 35.3 Å². The number of hydrogen-bond donors (Lipinski definition) is 2. The Labute approximate surface area is 247 Å². The summed E-state index contributed by atoms with van der Waals surface area (Å²) in [4.78, 5) is 35.0. The highest BCUT2D eigenvalue weighted by atomic mass is 32.1. The predicted molar refractivity (Wildman–Crippen MR) is 157 cm³/mol. The maximum absolute atomic E-state index is 13.9. The third kappa shape index (κ3) is 4.61. The zero-order chi connectivity index (χ0) is 30.6. The van der Waals surface area contributed by atoms with Crippen molar-refractivity contribution in [3.63, 3.8) is 0 Å². The SMILES string of the molecule is CCn1cc(-c2ccnc3c(C(=O)Nc4c(C(N)=O)sc5nc(C(F)F)cc(-c6cnn(CC)c6C)c45)cnn23)c(C)n1. The molecule has 2 amide bonds. The lowest BCUT2D eigenvalue weighted by Gasteiger charge is -2.11. The number of pyridine rings is 1. The van der Waals surface area contributed by atoms with Gasteiger partial charge in [0.25, 0.3) is 18.2 Å². The fraction of sp³-hybridized carbons (Fsp3) is 0.250. The smallest absolute Gasteiger partial charge is 0.280 e. The van der Waals surface area contributed by atoms with E-state index in [4.69, 9.17) is 5.73 Å². The minimum absolute atomic E-state index is 0.0308. The van der Waals surface area contributed by atoms with Gasteiger partial charge in [-0.25, -0.2) is 23.3 Å². The second-order valence-electron chi connectivity index (χ2n) is 9.77. The van der Waals surface area contributed by atoms with Gasteiger partial charge in [0, 0.05) is 47.7 Å². The number of anilines is 1. The molecule has 0 unspecified atom stereocenters. The number of hydrogen-bond acceptors (Lipinski definition) is 8. The molecule has 0 aliphatic heterocycles. The fourth-order valence-electron chi connectivity index (χ4n) is 5.13. The summed E-state index contributed by atoms with van der Waals surface area (Å²) in [6.07, 6.45) is 3.54. The number of carbonyl (C=O) groups is 2. The molecule has 220 valence electrons. The van der Waals surface area contributed by atoms with Crippen LogP contribution >= 0.6 is 11.3 Å². The lowest BCUT2D eigenvalue weighted by molar-refractivity contribution is 0.100. The molecule has 6 rings (SSSR count). The van der Waals surface area contributed by atoms with Crippen LogP contribution in [0.2, 0.25) is 0 Å². The number of rotatable bonds is 8. The molecule has 0 bridgehead atoms. The van der Waals surface area contributed by atoms with Crippen LogP contribution in [0.25, 0.3) is 38.2 Å². The molecule has 43 heavy (non-hydrogen) atoms. The van der Waals surface area contributed by atoms with Gasteiger partial charge in [0.2, 0.25) is 0 Å². The van der Waals surface area contributed by atoms with Gasteiger partial charge in [0.15, 0.2) is 5.65 Å². The van der Waals surface area contributed by atoms with Crippen molar-refractivity contribution in [2.75, 3.05) is 5.32 Å². The van der Waals surface area contributed by atoms with Crippen LogP contribution < -0.4 is 11.1 Å². The van der Waals surface area contributed by atoms with E-state index in [1.807, 2.05) is 33.9 Å². The van der Waals surface area contributed by atoms with Gasteiger partial charge in [-0.15, -0.1) is 11.3 Å². The van der Waals surface area contributed by atoms with Gasteiger partial charge < -0.3 is 11.1 Å². The monoisotopic (exact) mass is 604 g/mol. The molecule has 6 heterocycles. The minimum Gasteiger partial charge on any atom is -0.365 e. The van der Waals surface area contributed by atoms with Gasteiger partial charge >= 0.3 is 0 Å². The van der Waals surface area contributed by atoms with Crippen molar-refractivity contribution in [1.29, 1.82) is 0 Å². The maximum atomic E-state index is 13.9. The van der Waals surface area contributed by atoms with E-state index in [-0.39, 0.29) is 26.6 Å². The van der Waals surface area contributed by atoms with Crippen LogP contribution in [0.15, 0.2) is 36.9 Å². The lowest BCUT2D eigenvalue weighted by Crippen LogP contribution is -2.17. The molecule has 0 spiro atoms. The Balaban J connectivity index is 1.50. The molecule has 0 aliphatic rings. The summed E-state index contributed by atoms with van der Waals surface area (Å²) < 4.78 is 32.9. The number of amides is 2. The normalized spacial score (nSPS) is 11.7. The number of aryl methyl sites for hydroxylation is 3. The first-order chi connectivity index (χ1) is 20.6. The number of nitrogens with zero attached hydrogens (tertiary/aromatic N) is 8. The van der Waals surface area contributed by atoms with Crippen molar-refractivity contribution in [1.82, 2.24) is 39.1 Å². The molecular formula is C28H26F2N10O2S. The zero-order valence-electron chi connectivity index (χ0n) is 23.6. The second kappa shape index (κ2) is 10.7. The number of fused-ring (bicyclic) bond motifs is 2. The van der Waals surface area contributed by atoms with Gasteiger partial charge in [-0.2, -0.15) is 15.3 Å².